The summed E-state index contributed by atoms with van der Waals surface area (Å²) >= 11 is 0.829. The van der Waals surface area contributed by atoms with Crippen molar-refractivity contribution < 1.29 is 27.5 Å². The minimum atomic E-state index is -2.86. The van der Waals surface area contributed by atoms with E-state index in [1.54, 1.807) is 23.9 Å². The number of nitrogens with zero attached hydrogens (tertiary/aromatic N) is 3. The summed E-state index contributed by atoms with van der Waals surface area (Å²) in [4.78, 5) is 29.8. The predicted octanol–water partition coefficient (Wildman–Crippen LogP) is 6.26. The molecule has 4 aromatic heterocycles. The second-order valence-corrected chi connectivity index (χ2v) is 10.1. The van der Waals surface area contributed by atoms with Crippen LogP contribution < -0.4 is 15.8 Å². The third kappa shape index (κ3) is 5.30. The summed E-state index contributed by atoms with van der Waals surface area (Å²) in [6.45, 7) is 6.25. The van der Waals surface area contributed by atoms with Crippen molar-refractivity contribution in [2.24, 2.45) is 5.73 Å². The average molecular weight is 566 g/mol. The highest BCUT2D eigenvalue weighted by Gasteiger charge is 2.27. The van der Waals surface area contributed by atoms with Crippen LogP contribution in [0.1, 0.15) is 56.3 Å². The van der Waals surface area contributed by atoms with E-state index in [-0.39, 0.29) is 27.8 Å². The molecule has 5 rings (SSSR count). The number of alkyl halides is 2. The van der Waals surface area contributed by atoms with Crippen molar-refractivity contribution in [3.8, 4) is 16.9 Å². The van der Waals surface area contributed by atoms with Gasteiger partial charge in [-0.2, -0.15) is 5.10 Å². The Labute approximate surface area is 231 Å². The monoisotopic (exact) mass is 565 g/mol. The van der Waals surface area contributed by atoms with Gasteiger partial charge in [0.05, 0.1) is 11.4 Å². The standard InChI is InChI=1S/C28H25F2N5O4S/c1-4-35-12-19(15(3)34-35)18-11-20(25(29)30)32-28-22(18)23(24(40-28)26(31)36)33-27(37)21-9-8-17(39-21)13-38-16-7-5-6-14(2)10-16/h5-12,25H,4,13H2,1-3H3,(H2,31,36)(H,33,37). The first kappa shape index (κ1) is 27.0. The molecule has 0 unspecified atom stereocenters. The van der Waals surface area contributed by atoms with Crippen LogP contribution in [0.15, 0.2) is 53.1 Å². The van der Waals surface area contributed by atoms with E-state index in [1.165, 1.54) is 12.1 Å². The van der Waals surface area contributed by atoms with Crippen LogP contribution in [0.3, 0.4) is 0 Å². The number of hydrogen-bond acceptors (Lipinski definition) is 7. The van der Waals surface area contributed by atoms with Crippen molar-refractivity contribution in [1.29, 1.82) is 0 Å². The summed E-state index contributed by atoms with van der Waals surface area (Å²) < 4.78 is 40.7. The molecule has 0 atom stereocenters. The minimum absolute atomic E-state index is 0.0291. The highest BCUT2D eigenvalue weighted by atomic mass is 32.1. The topological polar surface area (TPSA) is 125 Å². The van der Waals surface area contributed by atoms with Gasteiger partial charge in [-0.3, -0.25) is 14.3 Å². The fourth-order valence-electron chi connectivity index (χ4n) is 4.29. The number of benzene rings is 1. The molecular weight excluding hydrogens is 540 g/mol. The molecule has 0 bridgehead atoms. The highest BCUT2D eigenvalue weighted by molar-refractivity contribution is 7.21. The molecule has 5 aromatic rings. The lowest BCUT2D eigenvalue weighted by Gasteiger charge is -2.10. The molecule has 2 amide bonds. The Morgan fingerprint density at radius 2 is 1.98 bits per heavy atom. The summed E-state index contributed by atoms with van der Waals surface area (Å²) in [5, 5.41) is 7.44. The normalized spacial score (nSPS) is 11.3. The SMILES string of the molecule is CCn1cc(-c2cc(C(F)F)nc3sc(C(N)=O)c(NC(=O)c4ccc(COc5cccc(C)c5)o4)c23)c(C)n1. The largest absolute Gasteiger partial charge is 0.486 e. The number of aromatic nitrogens is 3. The number of anilines is 1. The maximum absolute atomic E-state index is 13.8. The second kappa shape index (κ2) is 10.9. The summed E-state index contributed by atoms with van der Waals surface area (Å²) in [6.07, 6.45) is -1.13. The number of amides is 2. The summed E-state index contributed by atoms with van der Waals surface area (Å²) in [6, 6.07) is 11.8. The number of thiophene rings is 1. The number of aryl methyl sites for hydroxylation is 3. The summed E-state index contributed by atoms with van der Waals surface area (Å²) in [5.41, 5.74) is 7.77. The van der Waals surface area contributed by atoms with E-state index < -0.39 is 23.9 Å². The van der Waals surface area contributed by atoms with E-state index in [0.717, 1.165) is 16.9 Å². The molecule has 9 nitrogen and oxygen atoms in total. The van der Waals surface area contributed by atoms with Crippen molar-refractivity contribution >= 4 is 39.1 Å². The summed E-state index contributed by atoms with van der Waals surface area (Å²) in [7, 11) is 0. The van der Waals surface area contributed by atoms with Crippen LogP contribution in [-0.4, -0.2) is 26.6 Å². The third-order valence-electron chi connectivity index (χ3n) is 6.18. The molecule has 0 aliphatic rings. The molecule has 206 valence electrons. The molecule has 0 saturated carbocycles. The minimum Gasteiger partial charge on any atom is -0.486 e. The van der Waals surface area contributed by atoms with Gasteiger partial charge in [0.25, 0.3) is 18.2 Å². The summed E-state index contributed by atoms with van der Waals surface area (Å²) in [5.74, 6) is -0.470. The lowest BCUT2D eigenvalue weighted by Crippen LogP contribution is -2.16. The smallest absolute Gasteiger partial charge is 0.291 e. The van der Waals surface area contributed by atoms with Crippen LogP contribution in [0.25, 0.3) is 21.3 Å². The van der Waals surface area contributed by atoms with Crippen LogP contribution >= 0.6 is 11.3 Å². The van der Waals surface area contributed by atoms with E-state index in [9.17, 15) is 18.4 Å². The van der Waals surface area contributed by atoms with Gasteiger partial charge in [-0.05, 0) is 62.2 Å². The van der Waals surface area contributed by atoms with Crippen LogP contribution in [0.5, 0.6) is 5.75 Å². The maximum Gasteiger partial charge on any atom is 0.291 e. The Bertz CT molecular complexity index is 1740. The fourth-order valence-corrected chi connectivity index (χ4v) is 5.31. The quantitative estimate of drug-likeness (QED) is 0.217. The first-order chi connectivity index (χ1) is 19.1. The number of pyridine rings is 1. The number of hydrogen-bond donors (Lipinski definition) is 2. The zero-order valence-corrected chi connectivity index (χ0v) is 22.6. The van der Waals surface area contributed by atoms with Gasteiger partial charge in [-0.15, -0.1) is 11.3 Å². The van der Waals surface area contributed by atoms with Crippen molar-refractivity contribution in [1.82, 2.24) is 14.8 Å². The first-order valence-corrected chi connectivity index (χ1v) is 13.2. The van der Waals surface area contributed by atoms with Gasteiger partial charge < -0.3 is 20.2 Å². The third-order valence-corrected chi connectivity index (χ3v) is 7.28. The first-order valence-electron chi connectivity index (χ1n) is 12.3. The van der Waals surface area contributed by atoms with Gasteiger partial charge in [-0.1, -0.05) is 12.1 Å². The van der Waals surface area contributed by atoms with Gasteiger partial charge in [0.2, 0.25) is 0 Å². The Morgan fingerprint density at radius 1 is 1.18 bits per heavy atom. The van der Waals surface area contributed by atoms with Crippen LogP contribution in [0.2, 0.25) is 0 Å². The van der Waals surface area contributed by atoms with Gasteiger partial charge in [-0.25, -0.2) is 13.8 Å². The Kier molecular flexibility index (Phi) is 7.35. The fraction of sp³-hybridized carbons (Fsp3) is 0.214. The molecule has 0 radical (unpaired) electrons. The predicted molar refractivity (Wildman–Crippen MR) is 147 cm³/mol. The number of rotatable bonds is 9. The van der Waals surface area contributed by atoms with Gasteiger partial charge >= 0.3 is 0 Å². The van der Waals surface area contributed by atoms with Gasteiger partial charge in [0.1, 0.15) is 33.5 Å². The van der Waals surface area contributed by atoms with Crippen molar-refractivity contribution in [2.75, 3.05) is 5.32 Å². The molecular formula is C28H25F2N5O4S. The molecule has 0 aliphatic carbocycles. The number of primary amides is 1. The van der Waals surface area contributed by atoms with Gasteiger partial charge in [0.15, 0.2) is 5.76 Å². The molecule has 4 heterocycles. The number of carbonyl (C=O) groups excluding carboxylic acids is 2. The number of carbonyl (C=O) groups is 2. The Balaban J connectivity index is 1.52. The highest BCUT2D eigenvalue weighted by Crippen LogP contribution is 2.43. The number of furan rings is 1. The second-order valence-electron chi connectivity index (χ2n) is 9.06. The molecule has 0 spiro atoms. The lowest BCUT2D eigenvalue weighted by molar-refractivity contribution is 0.0992. The molecule has 12 heteroatoms. The molecule has 1 aromatic carbocycles. The zero-order chi connectivity index (χ0) is 28.6. The molecule has 40 heavy (non-hydrogen) atoms. The van der Waals surface area contributed by atoms with E-state index in [4.69, 9.17) is 14.9 Å². The molecule has 0 saturated heterocycles. The number of fused-ring (bicyclic) bond motifs is 1. The van der Waals surface area contributed by atoms with E-state index in [2.05, 4.69) is 15.4 Å². The molecule has 3 N–H and O–H groups in total. The van der Waals surface area contributed by atoms with E-state index >= 15 is 0 Å². The van der Waals surface area contributed by atoms with Crippen LogP contribution in [0.4, 0.5) is 14.5 Å². The number of nitrogens with two attached hydrogens (primary N) is 1. The molecule has 0 fully saturated rings. The van der Waals surface area contributed by atoms with Crippen molar-refractivity contribution in [3.05, 3.63) is 82.0 Å². The van der Waals surface area contributed by atoms with Crippen LogP contribution in [0, 0.1) is 13.8 Å². The maximum atomic E-state index is 13.8. The average Bonchev–Trinajstić information content (AvgIpc) is 3.64. The van der Waals surface area contributed by atoms with Gasteiger partial charge in [0, 0.05) is 23.7 Å². The number of nitrogens with one attached hydrogen (secondary N) is 1. The Morgan fingerprint density at radius 3 is 2.65 bits per heavy atom. The Hall–Kier alpha value is -4.58. The van der Waals surface area contributed by atoms with Crippen molar-refractivity contribution in [2.45, 2.75) is 40.3 Å². The van der Waals surface area contributed by atoms with Crippen molar-refractivity contribution in [3.63, 3.8) is 0 Å². The van der Waals surface area contributed by atoms with Crippen LogP contribution in [-0.2, 0) is 13.2 Å². The van der Waals surface area contributed by atoms with E-state index in [0.29, 0.717) is 40.3 Å². The van der Waals surface area contributed by atoms with E-state index in [1.807, 2.05) is 38.1 Å². The number of ether oxygens (including phenoxy) is 1. The zero-order valence-electron chi connectivity index (χ0n) is 21.8. The number of halogens is 2. The molecule has 0 aliphatic heterocycles. The lowest BCUT2D eigenvalue weighted by atomic mass is 10.0.